The standard InChI is InChI=1S/C10H14BrNS/c1-10(2)4-3-7-8(10)6(5-12)9(11)13-7/h3-5,12H2,1-2H3. The lowest BCUT2D eigenvalue weighted by molar-refractivity contribution is 0.518. The summed E-state index contributed by atoms with van der Waals surface area (Å²) < 4.78 is 1.24. The molecule has 1 aliphatic rings. The molecule has 2 rings (SSSR count). The van der Waals surface area contributed by atoms with E-state index in [9.17, 15) is 0 Å². The summed E-state index contributed by atoms with van der Waals surface area (Å²) in [5.41, 5.74) is 8.96. The molecule has 0 unspecified atom stereocenters. The third-order valence-corrected chi connectivity index (χ3v) is 4.93. The third kappa shape index (κ3) is 1.37. The Labute approximate surface area is 91.5 Å². The minimum absolute atomic E-state index is 0.340. The van der Waals surface area contributed by atoms with Gasteiger partial charge < -0.3 is 5.73 Å². The average molecular weight is 260 g/mol. The summed E-state index contributed by atoms with van der Waals surface area (Å²) >= 11 is 5.46. The highest BCUT2D eigenvalue weighted by molar-refractivity contribution is 9.11. The van der Waals surface area contributed by atoms with Crippen molar-refractivity contribution in [1.29, 1.82) is 0 Å². The second-order valence-corrected chi connectivity index (χ2v) is 6.66. The molecule has 0 atom stereocenters. The number of rotatable bonds is 1. The summed E-state index contributed by atoms with van der Waals surface area (Å²) in [6.07, 6.45) is 2.50. The Bertz CT molecular complexity index is 341. The molecular formula is C10H14BrNS. The van der Waals surface area contributed by atoms with Gasteiger partial charge in [0, 0.05) is 11.4 Å². The molecular weight excluding hydrogens is 246 g/mol. The van der Waals surface area contributed by atoms with Gasteiger partial charge in [-0.15, -0.1) is 11.3 Å². The van der Waals surface area contributed by atoms with Crippen molar-refractivity contribution < 1.29 is 0 Å². The van der Waals surface area contributed by atoms with Gasteiger partial charge in [-0.1, -0.05) is 13.8 Å². The van der Waals surface area contributed by atoms with E-state index in [0.29, 0.717) is 12.0 Å². The predicted octanol–water partition coefficient (Wildman–Crippen LogP) is 3.19. The molecule has 0 saturated carbocycles. The van der Waals surface area contributed by atoms with E-state index in [2.05, 4.69) is 29.8 Å². The Morgan fingerprint density at radius 3 is 2.85 bits per heavy atom. The Morgan fingerprint density at radius 2 is 2.23 bits per heavy atom. The minimum atomic E-state index is 0.340. The van der Waals surface area contributed by atoms with Crippen LogP contribution in [0.5, 0.6) is 0 Å². The highest BCUT2D eigenvalue weighted by Gasteiger charge is 2.34. The minimum Gasteiger partial charge on any atom is -0.326 e. The SMILES string of the molecule is CC1(C)CCc2sc(Br)c(CN)c21. The smallest absolute Gasteiger partial charge is 0.0749 e. The topological polar surface area (TPSA) is 26.0 Å². The van der Waals surface area contributed by atoms with Gasteiger partial charge in [-0.2, -0.15) is 0 Å². The van der Waals surface area contributed by atoms with E-state index in [-0.39, 0.29) is 0 Å². The van der Waals surface area contributed by atoms with Crippen LogP contribution in [0.25, 0.3) is 0 Å². The largest absolute Gasteiger partial charge is 0.326 e. The maximum atomic E-state index is 5.77. The fraction of sp³-hybridized carbons (Fsp3) is 0.600. The van der Waals surface area contributed by atoms with Crippen molar-refractivity contribution in [2.45, 2.75) is 38.6 Å². The summed E-state index contributed by atoms with van der Waals surface area (Å²) in [7, 11) is 0. The number of hydrogen-bond acceptors (Lipinski definition) is 2. The fourth-order valence-corrected chi connectivity index (χ4v) is 4.36. The zero-order valence-electron chi connectivity index (χ0n) is 7.98. The zero-order valence-corrected chi connectivity index (χ0v) is 10.4. The molecule has 0 amide bonds. The maximum Gasteiger partial charge on any atom is 0.0749 e. The molecule has 1 aliphatic carbocycles. The van der Waals surface area contributed by atoms with Crippen LogP contribution in [0.2, 0.25) is 0 Å². The number of nitrogens with two attached hydrogens (primary N) is 1. The molecule has 1 heterocycles. The molecule has 0 spiro atoms. The van der Waals surface area contributed by atoms with Gasteiger partial charge in [-0.05, 0) is 45.3 Å². The number of hydrogen-bond donors (Lipinski definition) is 1. The fourth-order valence-electron chi connectivity index (χ4n) is 2.18. The first-order chi connectivity index (χ1) is 6.06. The lowest BCUT2D eigenvalue weighted by atomic mass is 9.85. The van der Waals surface area contributed by atoms with Gasteiger partial charge >= 0.3 is 0 Å². The van der Waals surface area contributed by atoms with Crippen molar-refractivity contribution in [3.05, 3.63) is 19.8 Å². The molecule has 72 valence electrons. The molecule has 2 N–H and O–H groups in total. The van der Waals surface area contributed by atoms with Crippen LogP contribution in [0, 0.1) is 0 Å². The highest BCUT2D eigenvalue weighted by Crippen LogP contribution is 2.47. The maximum absolute atomic E-state index is 5.77. The van der Waals surface area contributed by atoms with Crippen molar-refractivity contribution in [3.63, 3.8) is 0 Å². The van der Waals surface area contributed by atoms with Crippen LogP contribution in [0.1, 0.15) is 36.3 Å². The highest BCUT2D eigenvalue weighted by atomic mass is 79.9. The van der Waals surface area contributed by atoms with Crippen LogP contribution in [0.15, 0.2) is 3.79 Å². The summed E-state index contributed by atoms with van der Waals surface area (Å²) in [4.78, 5) is 1.54. The monoisotopic (exact) mass is 259 g/mol. The Morgan fingerprint density at radius 1 is 1.54 bits per heavy atom. The lowest BCUT2D eigenvalue weighted by Gasteiger charge is -2.19. The normalized spacial score (nSPS) is 19.1. The predicted molar refractivity (Wildman–Crippen MR) is 61.3 cm³/mol. The molecule has 0 saturated heterocycles. The van der Waals surface area contributed by atoms with E-state index in [1.807, 2.05) is 11.3 Å². The van der Waals surface area contributed by atoms with E-state index in [1.165, 1.54) is 32.6 Å². The van der Waals surface area contributed by atoms with E-state index >= 15 is 0 Å². The second-order valence-electron chi connectivity index (χ2n) is 4.24. The van der Waals surface area contributed by atoms with E-state index in [0.717, 1.165) is 0 Å². The number of thiophene rings is 1. The third-order valence-electron chi connectivity index (χ3n) is 2.89. The average Bonchev–Trinajstić information content (AvgIpc) is 2.50. The van der Waals surface area contributed by atoms with Crippen molar-refractivity contribution >= 4 is 27.3 Å². The Kier molecular flexibility index (Phi) is 2.29. The van der Waals surface area contributed by atoms with Gasteiger partial charge in [-0.25, -0.2) is 0 Å². The molecule has 1 aromatic heterocycles. The number of halogens is 1. The van der Waals surface area contributed by atoms with Crippen LogP contribution in [0.4, 0.5) is 0 Å². The first-order valence-electron chi connectivity index (χ1n) is 4.57. The van der Waals surface area contributed by atoms with Crippen LogP contribution in [-0.4, -0.2) is 0 Å². The zero-order chi connectivity index (χ0) is 9.64. The molecule has 0 bridgehead atoms. The first kappa shape index (κ1) is 9.69. The van der Waals surface area contributed by atoms with Crippen molar-refractivity contribution in [2.24, 2.45) is 5.73 Å². The van der Waals surface area contributed by atoms with Gasteiger partial charge in [-0.3, -0.25) is 0 Å². The Hall–Kier alpha value is 0.140. The van der Waals surface area contributed by atoms with E-state index < -0.39 is 0 Å². The van der Waals surface area contributed by atoms with Crippen LogP contribution in [-0.2, 0) is 18.4 Å². The molecule has 1 aromatic rings. The van der Waals surface area contributed by atoms with Crippen LogP contribution < -0.4 is 5.73 Å². The van der Waals surface area contributed by atoms with Crippen LogP contribution >= 0.6 is 27.3 Å². The molecule has 0 radical (unpaired) electrons. The molecule has 3 heteroatoms. The quantitative estimate of drug-likeness (QED) is 0.824. The van der Waals surface area contributed by atoms with Crippen molar-refractivity contribution in [3.8, 4) is 0 Å². The van der Waals surface area contributed by atoms with Gasteiger partial charge in [0.25, 0.3) is 0 Å². The molecule has 1 nitrogen and oxygen atoms in total. The van der Waals surface area contributed by atoms with Crippen molar-refractivity contribution in [1.82, 2.24) is 0 Å². The molecule has 0 aromatic carbocycles. The van der Waals surface area contributed by atoms with Crippen molar-refractivity contribution in [2.75, 3.05) is 0 Å². The Balaban J connectivity index is 2.60. The van der Waals surface area contributed by atoms with Gasteiger partial charge in [0.2, 0.25) is 0 Å². The first-order valence-corrected chi connectivity index (χ1v) is 6.18. The van der Waals surface area contributed by atoms with Gasteiger partial charge in [0.15, 0.2) is 0 Å². The van der Waals surface area contributed by atoms with E-state index in [1.54, 1.807) is 0 Å². The summed E-state index contributed by atoms with van der Waals surface area (Å²) in [5.74, 6) is 0. The van der Waals surface area contributed by atoms with Gasteiger partial charge in [0.05, 0.1) is 3.79 Å². The van der Waals surface area contributed by atoms with Gasteiger partial charge in [0.1, 0.15) is 0 Å². The second kappa shape index (κ2) is 3.07. The number of fused-ring (bicyclic) bond motifs is 1. The van der Waals surface area contributed by atoms with E-state index in [4.69, 9.17) is 5.73 Å². The number of aryl methyl sites for hydroxylation is 1. The van der Waals surface area contributed by atoms with Crippen LogP contribution in [0.3, 0.4) is 0 Å². The lowest BCUT2D eigenvalue weighted by Crippen LogP contribution is -2.15. The summed E-state index contributed by atoms with van der Waals surface area (Å²) in [6.45, 7) is 5.30. The molecule has 13 heavy (non-hydrogen) atoms. The molecule has 0 aliphatic heterocycles. The molecule has 0 fully saturated rings. The summed E-state index contributed by atoms with van der Waals surface area (Å²) in [5, 5.41) is 0. The summed E-state index contributed by atoms with van der Waals surface area (Å²) in [6, 6.07) is 0.